The zero-order valence-electron chi connectivity index (χ0n) is 74.4. The summed E-state index contributed by atoms with van der Waals surface area (Å²) < 4.78 is 0. The van der Waals surface area contributed by atoms with Crippen LogP contribution in [0.3, 0.4) is 0 Å². The van der Waals surface area contributed by atoms with Crippen LogP contribution < -0.4 is 0 Å². The lowest BCUT2D eigenvalue weighted by molar-refractivity contribution is 0.0539. The normalized spacial score (nSPS) is 17.0. The van der Waals surface area contributed by atoms with E-state index in [0.717, 1.165) is 190 Å². The lowest BCUT2D eigenvalue weighted by Gasteiger charge is -2.37. The number of halogens is 5. The molecule has 5 fully saturated rings. The summed E-state index contributed by atoms with van der Waals surface area (Å²) in [7, 11) is 0. The smallest absolute Gasteiger partial charge is 0.272 e. The first kappa shape index (κ1) is 99.9. The Balaban J connectivity index is 0.000000154. The first-order chi connectivity index (χ1) is 61.0. The van der Waals surface area contributed by atoms with Gasteiger partial charge >= 0.3 is 0 Å². The second-order valence-corrected chi connectivity index (χ2v) is 41.3. The number of carbonyl (C=O) groups excluding carboxylic acids is 5. The Hall–Kier alpha value is -7.64. The summed E-state index contributed by atoms with van der Waals surface area (Å²) in [5, 5.41) is 13.5. The second kappa shape index (κ2) is 49.6. The van der Waals surface area contributed by atoms with E-state index in [9.17, 15) is 29.1 Å². The number of benzene rings is 5. The molecule has 0 saturated carbocycles. The fourth-order valence-corrected chi connectivity index (χ4v) is 21.8. The van der Waals surface area contributed by atoms with Crippen molar-refractivity contribution in [1.82, 2.24) is 49.4 Å². The molecule has 127 heavy (non-hydrogen) atoms. The highest BCUT2D eigenvalue weighted by atomic mass is 35.5. The average Bonchev–Trinajstić information content (AvgIpc) is 0.880. The number of aliphatic hydroxyl groups is 1. The molecule has 5 aliphatic heterocycles. The van der Waals surface area contributed by atoms with Gasteiger partial charge in [-0.3, -0.25) is 24.0 Å². The van der Waals surface area contributed by atoms with Crippen molar-refractivity contribution in [3.05, 3.63) is 292 Å². The van der Waals surface area contributed by atoms with Crippen molar-refractivity contribution in [2.24, 2.45) is 23.2 Å². The molecule has 5 aromatic heterocycles. The molecule has 10 aromatic rings. The Labute approximate surface area is 797 Å². The van der Waals surface area contributed by atoms with Crippen molar-refractivity contribution in [2.45, 2.75) is 199 Å². The summed E-state index contributed by atoms with van der Waals surface area (Å²) in [6.45, 7) is 28.9. The van der Waals surface area contributed by atoms with Gasteiger partial charge in [-0.1, -0.05) is 196 Å². The van der Waals surface area contributed by atoms with Crippen molar-refractivity contribution >= 4 is 146 Å². The Morgan fingerprint density at radius 1 is 0.331 bits per heavy atom. The van der Waals surface area contributed by atoms with Gasteiger partial charge in [0.2, 0.25) is 0 Å². The van der Waals surface area contributed by atoms with Crippen LogP contribution in [0.4, 0.5) is 0 Å². The van der Waals surface area contributed by atoms with Gasteiger partial charge in [-0.05, 0) is 234 Å². The number of amides is 5. The number of piperidine rings is 4. The summed E-state index contributed by atoms with van der Waals surface area (Å²) in [5.41, 5.74) is 12.6. The number of carbonyl (C=O) groups is 5. The highest BCUT2D eigenvalue weighted by Crippen LogP contribution is 2.38. The first-order valence-corrected chi connectivity index (χ1v) is 50.7. The molecule has 0 spiro atoms. The number of aryl methyl sites for hydroxylation is 5. The third kappa shape index (κ3) is 30.2. The number of rotatable bonds is 20. The van der Waals surface area contributed by atoms with Crippen molar-refractivity contribution in [1.29, 1.82) is 0 Å². The van der Waals surface area contributed by atoms with E-state index in [4.69, 9.17) is 58.0 Å². The highest BCUT2D eigenvalue weighted by Gasteiger charge is 2.32. The van der Waals surface area contributed by atoms with Gasteiger partial charge in [-0.25, -0.2) is 24.9 Å². The Bertz CT molecular complexity index is 5160. The third-order valence-electron chi connectivity index (χ3n) is 22.7. The van der Waals surface area contributed by atoms with Crippen LogP contribution in [0, 0.1) is 57.8 Å². The molecule has 0 bridgehead atoms. The predicted molar refractivity (Wildman–Crippen MR) is 528 cm³/mol. The highest BCUT2D eigenvalue weighted by molar-refractivity contribution is 7.99. The largest absolute Gasteiger partial charge is 0.393 e. The number of likely N-dealkylation sites (tertiary alicyclic amines) is 5. The Morgan fingerprint density at radius 2 is 0.598 bits per heavy atom. The lowest BCUT2D eigenvalue weighted by atomic mass is 9.84. The number of hydrogen-bond acceptors (Lipinski definition) is 16. The van der Waals surface area contributed by atoms with Crippen LogP contribution in [-0.4, -0.2) is 156 Å². The van der Waals surface area contributed by atoms with E-state index in [2.05, 4.69) is 59.5 Å². The van der Waals surface area contributed by atoms with Crippen LogP contribution in [0.25, 0.3) is 0 Å². The number of nitrogens with zero attached hydrogens (tertiary/aromatic N) is 10. The number of pyridine rings is 5. The summed E-state index contributed by atoms with van der Waals surface area (Å²) in [6, 6.07) is 58.5. The van der Waals surface area contributed by atoms with Crippen molar-refractivity contribution < 1.29 is 29.1 Å². The maximum Gasteiger partial charge on any atom is 0.272 e. The summed E-state index contributed by atoms with van der Waals surface area (Å²) in [6.07, 6.45) is 11.3. The van der Waals surface area contributed by atoms with Gasteiger partial charge in [0.05, 0.1) is 59.7 Å². The van der Waals surface area contributed by atoms with E-state index in [0.29, 0.717) is 101 Å². The second-order valence-electron chi connectivity index (χ2n) is 34.3. The molecule has 672 valence electrons. The predicted octanol–water partition coefficient (Wildman–Crippen LogP) is 25.5. The van der Waals surface area contributed by atoms with E-state index < -0.39 is 0 Å². The van der Waals surface area contributed by atoms with E-state index in [1.807, 2.05) is 230 Å². The Morgan fingerprint density at radius 3 is 0.913 bits per heavy atom. The maximum absolute atomic E-state index is 12.9. The van der Waals surface area contributed by atoms with Crippen LogP contribution in [0.1, 0.15) is 214 Å². The molecule has 5 amide bonds. The van der Waals surface area contributed by atoms with E-state index in [1.165, 1.54) is 25.7 Å². The average molecular weight is 1900 g/mol. The van der Waals surface area contributed by atoms with Gasteiger partial charge < -0.3 is 29.6 Å². The molecule has 16 nitrogen and oxygen atoms in total. The summed E-state index contributed by atoms with van der Waals surface area (Å²) in [5.74, 6) is 5.22. The molecule has 3 atom stereocenters. The Kier molecular flexibility index (Phi) is 39.0. The van der Waals surface area contributed by atoms with Gasteiger partial charge in [0.1, 0.15) is 28.5 Å². The van der Waals surface area contributed by atoms with Crippen LogP contribution in [0.5, 0.6) is 0 Å². The van der Waals surface area contributed by atoms with Crippen LogP contribution in [0.2, 0.25) is 25.1 Å². The topological polar surface area (TPSA) is 186 Å². The zero-order valence-corrected chi connectivity index (χ0v) is 82.3. The molecule has 3 unspecified atom stereocenters. The van der Waals surface area contributed by atoms with Gasteiger partial charge in [-0.15, -0.1) is 58.8 Å². The molecular weight excluding hydrogens is 1790 g/mol. The third-order valence-corrected chi connectivity index (χ3v) is 31.2. The molecular formula is C101H117Cl5N10O6S5. The van der Waals surface area contributed by atoms with E-state index >= 15 is 0 Å². The van der Waals surface area contributed by atoms with E-state index in [-0.39, 0.29) is 41.1 Å². The van der Waals surface area contributed by atoms with Crippen molar-refractivity contribution in [2.75, 3.05) is 65.4 Å². The molecule has 5 aliphatic rings. The van der Waals surface area contributed by atoms with Crippen LogP contribution in [0.15, 0.2) is 206 Å². The SMILES string of the molecule is Cc1cccc(SCc2cccc(C(=O)N3CC(C)CC(C)C3)n2)c1Cl.Cc1cccc(SCc2cccc(C(=O)N3CCC(O)CC3)n2)c1Cl.Cc1cccc(SCc2cccc(C(=O)N3CCCC(C)(C)C3)n2)c1Cl.Cc1cccc(SCc2cccc(C(=O)N3CCCC(C)C3)n2)c1Cl.Cc1cccc(SCc2cccc(C(=O)N3CCCCCC3)n2)c1Cl. The molecule has 10 heterocycles. The monoisotopic (exact) mass is 1900 g/mol. The molecule has 5 saturated heterocycles. The van der Waals surface area contributed by atoms with Crippen molar-refractivity contribution in [3.8, 4) is 0 Å². The fraction of sp³-hybridized carbons (Fsp3) is 0.406. The number of aliphatic hydroxyl groups excluding tert-OH is 1. The summed E-state index contributed by atoms with van der Waals surface area (Å²) in [4.78, 5) is 101. The molecule has 26 heteroatoms. The molecule has 0 radical (unpaired) electrons. The summed E-state index contributed by atoms with van der Waals surface area (Å²) >= 11 is 40.0. The molecule has 5 aromatic carbocycles. The van der Waals surface area contributed by atoms with Gasteiger partial charge in [0, 0.05) is 119 Å². The van der Waals surface area contributed by atoms with Crippen molar-refractivity contribution in [3.63, 3.8) is 0 Å². The number of hydrogen-bond donors (Lipinski definition) is 1. The van der Waals surface area contributed by atoms with Gasteiger partial charge in [0.25, 0.3) is 29.5 Å². The minimum Gasteiger partial charge on any atom is -0.393 e. The van der Waals surface area contributed by atoms with E-state index in [1.54, 1.807) is 69.8 Å². The number of thioether (sulfide) groups is 5. The maximum atomic E-state index is 12.9. The molecule has 15 rings (SSSR count). The van der Waals surface area contributed by atoms with Crippen LogP contribution >= 0.6 is 117 Å². The molecule has 1 N–H and O–H groups in total. The van der Waals surface area contributed by atoms with Gasteiger partial charge in [-0.2, -0.15) is 0 Å². The standard InChI is InChI=1S/2C21H25ClN2OS.2C20H23ClN2OS.C19H21ClN2O2S/c1-15-7-4-10-18(19(15)22)26-13-16-8-5-9-17(23-16)20(25)24-12-6-11-21(2,3)14-24;1-14-10-15(2)12-24(11-14)21(25)18-8-5-7-17(23-18)13-26-19-9-4-6-16(3)20(19)22;1-14-6-5-11-23(12-14)20(24)17-9-4-8-16(22-17)13-25-18-10-3-7-15(2)19(18)21;1-15-8-6-11-18(19(15)21)25-14-16-9-7-10-17(22-16)20(24)23-12-4-2-3-5-13-23;1-13-4-2-7-17(18(13)20)25-12-14-5-3-6-16(21-14)19(24)22-10-8-15(23)9-11-22/h4-5,7-10H,6,11-14H2,1-3H3;4-9,14-15H,10-13H2,1-3H3;3-4,7-10,14H,5-6,11-13H2,1-2H3;6-11H,2-5,12-14H2,1H3;2-7,15,23H,8-12H2,1H3. The lowest BCUT2D eigenvalue weighted by Crippen LogP contribution is -2.43. The number of aromatic nitrogens is 5. The van der Waals surface area contributed by atoms with Crippen LogP contribution in [-0.2, 0) is 28.8 Å². The zero-order chi connectivity index (χ0) is 90.7. The minimum atomic E-state index is -0.293. The quantitative estimate of drug-likeness (QED) is 0.0710. The first-order valence-electron chi connectivity index (χ1n) is 43.9. The van der Waals surface area contributed by atoms with Gasteiger partial charge in [0.15, 0.2) is 0 Å². The molecule has 0 aliphatic carbocycles. The minimum absolute atomic E-state index is 0.0400. The fourth-order valence-electron chi connectivity index (χ4n) is 15.8.